The average Bonchev–Trinajstić information content (AvgIpc) is 3.08. The van der Waals surface area contributed by atoms with Crippen molar-refractivity contribution in [3.05, 3.63) is 82.8 Å². The molecular weight excluding hydrogens is 418 g/mol. The Bertz CT molecular complexity index is 1270. The van der Waals surface area contributed by atoms with Crippen molar-refractivity contribution in [3.63, 3.8) is 0 Å². The van der Waals surface area contributed by atoms with Crippen LogP contribution in [0.1, 0.15) is 18.9 Å². The second-order valence-electron chi connectivity index (χ2n) is 7.74. The molecule has 5 nitrogen and oxygen atoms in total. The molecule has 0 saturated carbocycles. The number of anilines is 2. The summed E-state index contributed by atoms with van der Waals surface area (Å²) in [5, 5.41) is 0. The number of aryl methyl sites for hydroxylation is 1. The number of methoxy groups -OCH3 is 1. The van der Waals surface area contributed by atoms with Gasteiger partial charge >= 0.3 is 5.69 Å². The predicted octanol–water partition coefficient (Wildman–Crippen LogP) is 5.67. The molecule has 0 radical (unpaired) electrons. The molecule has 166 valence electrons. The lowest BCUT2D eigenvalue weighted by molar-refractivity contribution is 0.414. The largest absolute Gasteiger partial charge is 0.497 e. The van der Waals surface area contributed by atoms with E-state index in [1.54, 1.807) is 23.4 Å². The number of imidazole rings is 1. The maximum Gasteiger partial charge on any atom is 0.329 e. The monoisotopic (exact) mass is 447 g/mol. The topological polar surface area (TPSA) is 39.4 Å². The molecule has 0 spiro atoms. The first-order valence-corrected chi connectivity index (χ1v) is 12.0. The predicted molar refractivity (Wildman–Crippen MR) is 135 cm³/mol. The highest BCUT2D eigenvalue weighted by atomic mass is 32.2. The maximum absolute atomic E-state index is 13.3. The van der Waals surface area contributed by atoms with E-state index in [2.05, 4.69) is 48.4 Å². The molecule has 0 aliphatic heterocycles. The smallest absolute Gasteiger partial charge is 0.329 e. The van der Waals surface area contributed by atoms with Gasteiger partial charge in [-0.3, -0.25) is 9.13 Å². The fourth-order valence-corrected chi connectivity index (χ4v) is 4.79. The number of thioether (sulfide) groups is 1. The van der Waals surface area contributed by atoms with Crippen LogP contribution in [0.3, 0.4) is 0 Å². The standard InChI is InChI=1S/C26H29N3O2S/c1-5-17-28(21-9-6-7-12-24(21)32-4)22-10-8-11-23-25(22)27(2)26(30)29(23)18-19-13-15-20(31-3)16-14-19/h6-16H,5,17-18H2,1-4H3. The summed E-state index contributed by atoms with van der Waals surface area (Å²) in [5.41, 5.74) is 5.16. The van der Waals surface area contributed by atoms with Crippen LogP contribution < -0.4 is 15.3 Å². The minimum Gasteiger partial charge on any atom is -0.497 e. The summed E-state index contributed by atoms with van der Waals surface area (Å²) in [6.45, 7) is 3.57. The minimum absolute atomic E-state index is 0.0159. The molecule has 4 rings (SSSR count). The first-order valence-electron chi connectivity index (χ1n) is 10.8. The molecule has 0 aliphatic rings. The number of hydrogen-bond donors (Lipinski definition) is 0. The van der Waals surface area contributed by atoms with Crippen molar-refractivity contribution < 1.29 is 4.74 Å². The van der Waals surface area contributed by atoms with E-state index in [0.717, 1.165) is 41.0 Å². The van der Waals surface area contributed by atoms with Crippen LogP contribution in [0.5, 0.6) is 5.75 Å². The molecule has 3 aromatic carbocycles. The van der Waals surface area contributed by atoms with Crippen molar-refractivity contribution in [1.82, 2.24) is 9.13 Å². The third-order valence-electron chi connectivity index (χ3n) is 5.75. The first-order chi connectivity index (χ1) is 15.6. The summed E-state index contributed by atoms with van der Waals surface area (Å²) in [7, 11) is 3.52. The number of para-hydroxylation sites is 2. The third-order valence-corrected chi connectivity index (χ3v) is 6.54. The Balaban J connectivity index is 1.86. The van der Waals surface area contributed by atoms with Gasteiger partial charge in [-0.1, -0.05) is 37.3 Å². The molecule has 0 atom stereocenters. The van der Waals surface area contributed by atoms with Crippen LogP contribution in [0.15, 0.2) is 76.4 Å². The van der Waals surface area contributed by atoms with Gasteiger partial charge in [0.05, 0.1) is 36.1 Å². The Kier molecular flexibility index (Phi) is 6.61. The van der Waals surface area contributed by atoms with Gasteiger partial charge < -0.3 is 9.64 Å². The minimum atomic E-state index is -0.0159. The Morgan fingerprint density at radius 2 is 1.69 bits per heavy atom. The lowest BCUT2D eigenvalue weighted by atomic mass is 10.2. The van der Waals surface area contributed by atoms with Gasteiger partial charge in [0.1, 0.15) is 5.75 Å². The molecule has 0 aliphatic carbocycles. The summed E-state index contributed by atoms with van der Waals surface area (Å²) in [4.78, 5) is 16.8. The van der Waals surface area contributed by atoms with Crippen LogP contribution in [0.2, 0.25) is 0 Å². The molecule has 0 amide bonds. The average molecular weight is 448 g/mol. The zero-order valence-corrected chi connectivity index (χ0v) is 19.9. The second kappa shape index (κ2) is 9.57. The SMILES string of the molecule is CCCN(c1ccccc1SC)c1cccc2c1n(C)c(=O)n2Cc1ccc(OC)cc1. The summed E-state index contributed by atoms with van der Waals surface area (Å²) in [5.74, 6) is 0.809. The van der Waals surface area contributed by atoms with Gasteiger partial charge in [0.2, 0.25) is 0 Å². The molecule has 0 fully saturated rings. The lowest BCUT2D eigenvalue weighted by Gasteiger charge is -2.27. The van der Waals surface area contributed by atoms with E-state index in [-0.39, 0.29) is 5.69 Å². The highest BCUT2D eigenvalue weighted by Gasteiger charge is 2.20. The number of rotatable bonds is 8. The summed E-state index contributed by atoms with van der Waals surface area (Å²) in [6, 6.07) is 22.5. The van der Waals surface area contributed by atoms with Crippen LogP contribution in [-0.2, 0) is 13.6 Å². The number of hydrogen-bond acceptors (Lipinski definition) is 4. The van der Waals surface area contributed by atoms with Crippen molar-refractivity contribution in [1.29, 1.82) is 0 Å². The van der Waals surface area contributed by atoms with E-state index >= 15 is 0 Å². The highest BCUT2D eigenvalue weighted by molar-refractivity contribution is 7.98. The van der Waals surface area contributed by atoms with Crippen LogP contribution in [0, 0.1) is 0 Å². The van der Waals surface area contributed by atoms with Crippen molar-refractivity contribution in [2.75, 3.05) is 24.8 Å². The lowest BCUT2D eigenvalue weighted by Crippen LogP contribution is -2.23. The van der Waals surface area contributed by atoms with Gasteiger partial charge in [-0.25, -0.2) is 4.79 Å². The zero-order valence-electron chi connectivity index (χ0n) is 19.0. The number of ether oxygens (including phenoxy) is 1. The molecule has 4 aromatic rings. The van der Waals surface area contributed by atoms with E-state index in [9.17, 15) is 4.79 Å². The summed E-state index contributed by atoms with van der Waals surface area (Å²) >= 11 is 1.74. The first kappa shape index (κ1) is 22.1. The molecule has 6 heteroatoms. The van der Waals surface area contributed by atoms with Crippen molar-refractivity contribution in [2.45, 2.75) is 24.8 Å². The van der Waals surface area contributed by atoms with Crippen LogP contribution in [0.4, 0.5) is 11.4 Å². The van der Waals surface area contributed by atoms with Crippen molar-refractivity contribution in [2.24, 2.45) is 7.05 Å². The molecule has 32 heavy (non-hydrogen) atoms. The highest BCUT2D eigenvalue weighted by Crippen LogP contribution is 2.37. The molecule has 1 aromatic heterocycles. The fourth-order valence-electron chi connectivity index (χ4n) is 4.19. The van der Waals surface area contributed by atoms with Crippen molar-refractivity contribution >= 4 is 34.2 Å². The molecule has 1 heterocycles. The van der Waals surface area contributed by atoms with E-state index in [1.165, 1.54) is 10.6 Å². The van der Waals surface area contributed by atoms with Crippen LogP contribution >= 0.6 is 11.8 Å². The normalized spacial score (nSPS) is 11.1. The maximum atomic E-state index is 13.3. The number of benzene rings is 3. The Morgan fingerprint density at radius 3 is 2.38 bits per heavy atom. The molecule has 0 N–H and O–H groups in total. The summed E-state index contributed by atoms with van der Waals surface area (Å²) in [6.07, 6.45) is 3.10. The van der Waals surface area contributed by atoms with E-state index in [1.807, 2.05) is 48.0 Å². The van der Waals surface area contributed by atoms with Gasteiger partial charge in [-0.05, 0) is 54.6 Å². The van der Waals surface area contributed by atoms with Crippen LogP contribution in [0.25, 0.3) is 11.0 Å². The number of aromatic nitrogens is 2. The van der Waals surface area contributed by atoms with Gasteiger partial charge in [0.15, 0.2) is 0 Å². The van der Waals surface area contributed by atoms with Gasteiger partial charge in [0.25, 0.3) is 0 Å². The second-order valence-corrected chi connectivity index (χ2v) is 8.59. The van der Waals surface area contributed by atoms with Crippen LogP contribution in [-0.4, -0.2) is 29.0 Å². The van der Waals surface area contributed by atoms with Crippen molar-refractivity contribution in [3.8, 4) is 5.75 Å². The quantitative estimate of drug-likeness (QED) is 0.326. The van der Waals surface area contributed by atoms with Gasteiger partial charge in [0, 0.05) is 18.5 Å². The number of nitrogens with zero attached hydrogens (tertiary/aromatic N) is 3. The Labute approximate surface area is 193 Å². The van der Waals surface area contributed by atoms with E-state index < -0.39 is 0 Å². The van der Waals surface area contributed by atoms with Gasteiger partial charge in [-0.15, -0.1) is 11.8 Å². The molecule has 0 unspecified atom stereocenters. The van der Waals surface area contributed by atoms with E-state index in [4.69, 9.17) is 4.74 Å². The molecule has 0 bridgehead atoms. The number of fused-ring (bicyclic) bond motifs is 1. The summed E-state index contributed by atoms with van der Waals surface area (Å²) < 4.78 is 8.89. The molecule has 0 saturated heterocycles. The zero-order chi connectivity index (χ0) is 22.7. The molecular formula is C26H29N3O2S. The van der Waals surface area contributed by atoms with E-state index in [0.29, 0.717) is 6.54 Å². The third kappa shape index (κ3) is 4.02. The van der Waals surface area contributed by atoms with Gasteiger partial charge in [-0.2, -0.15) is 0 Å². The Hall–Kier alpha value is -3.12. The fraction of sp³-hybridized carbons (Fsp3) is 0.269. The Morgan fingerprint density at radius 1 is 0.969 bits per heavy atom.